The Hall–Kier alpha value is -1.26. The molecule has 1 aliphatic heterocycles. The summed E-state index contributed by atoms with van der Waals surface area (Å²) < 4.78 is 10.9. The Labute approximate surface area is 128 Å². The van der Waals surface area contributed by atoms with Crippen LogP contribution in [0.15, 0.2) is 18.2 Å². The lowest BCUT2D eigenvalue weighted by Crippen LogP contribution is -2.51. The van der Waals surface area contributed by atoms with Crippen LogP contribution in [0.2, 0.25) is 0 Å². The Morgan fingerprint density at radius 2 is 1.86 bits per heavy atom. The molecule has 0 amide bonds. The molecule has 1 saturated heterocycles. The predicted octanol–water partition coefficient (Wildman–Crippen LogP) is 2.61. The quantitative estimate of drug-likeness (QED) is 0.875. The van der Waals surface area contributed by atoms with E-state index in [4.69, 9.17) is 15.2 Å². The SMILES string of the molecule is COc1ccc(OC)c(C(N)(CN2CCCC2)C(C)C)c1. The number of benzene rings is 1. The van der Waals surface area contributed by atoms with Gasteiger partial charge in [0.1, 0.15) is 11.5 Å². The van der Waals surface area contributed by atoms with Gasteiger partial charge < -0.3 is 20.1 Å². The van der Waals surface area contributed by atoms with E-state index in [-0.39, 0.29) is 0 Å². The molecule has 1 unspecified atom stereocenters. The van der Waals surface area contributed by atoms with Crippen LogP contribution in [-0.4, -0.2) is 38.8 Å². The van der Waals surface area contributed by atoms with Gasteiger partial charge in [0, 0.05) is 12.1 Å². The maximum absolute atomic E-state index is 6.86. The molecule has 4 heteroatoms. The summed E-state index contributed by atoms with van der Waals surface area (Å²) in [7, 11) is 3.38. The molecule has 1 heterocycles. The van der Waals surface area contributed by atoms with Crippen molar-refractivity contribution in [3.8, 4) is 11.5 Å². The third-order valence-corrected chi connectivity index (χ3v) is 4.62. The van der Waals surface area contributed by atoms with Crippen LogP contribution >= 0.6 is 0 Å². The molecule has 21 heavy (non-hydrogen) atoms. The van der Waals surface area contributed by atoms with Crippen LogP contribution in [0.1, 0.15) is 32.3 Å². The van der Waals surface area contributed by atoms with E-state index in [1.54, 1.807) is 14.2 Å². The lowest BCUT2D eigenvalue weighted by atomic mass is 9.79. The molecule has 4 nitrogen and oxygen atoms in total. The molecular weight excluding hydrogens is 264 g/mol. The number of nitrogens with two attached hydrogens (primary N) is 1. The summed E-state index contributed by atoms with van der Waals surface area (Å²) in [6, 6.07) is 5.88. The zero-order valence-corrected chi connectivity index (χ0v) is 13.7. The van der Waals surface area contributed by atoms with Crippen molar-refractivity contribution in [1.82, 2.24) is 4.90 Å². The molecule has 0 spiro atoms. The van der Waals surface area contributed by atoms with Gasteiger partial charge in [0.15, 0.2) is 0 Å². The second-order valence-electron chi connectivity index (χ2n) is 6.24. The van der Waals surface area contributed by atoms with Crippen molar-refractivity contribution < 1.29 is 9.47 Å². The van der Waals surface area contributed by atoms with Crippen LogP contribution < -0.4 is 15.2 Å². The normalized spacial score (nSPS) is 18.8. The van der Waals surface area contributed by atoms with E-state index in [2.05, 4.69) is 18.7 Å². The van der Waals surface area contributed by atoms with E-state index in [0.29, 0.717) is 5.92 Å². The second-order valence-corrected chi connectivity index (χ2v) is 6.24. The average Bonchev–Trinajstić information content (AvgIpc) is 2.98. The van der Waals surface area contributed by atoms with Crippen LogP contribution in [0.25, 0.3) is 0 Å². The molecule has 0 saturated carbocycles. The maximum atomic E-state index is 6.86. The Kier molecular flexibility index (Phi) is 5.12. The lowest BCUT2D eigenvalue weighted by Gasteiger charge is -2.38. The van der Waals surface area contributed by atoms with Gasteiger partial charge in [-0.1, -0.05) is 13.8 Å². The van der Waals surface area contributed by atoms with Gasteiger partial charge in [0.25, 0.3) is 0 Å². The van der Waals surface area contributed by atoms with Gasteiger partial charge in [-0.3, -0.25) is 0 Å². The van der Waals surface area contributed by atoms with Crippen molar-refractivity contribution in [2.45, 2.75) is 32.2 Å². The summed E-state index contributed by atoms with van der Waals surface area (Å²) in [5, 5.41) is 0. The van der Waals surface area contributed by atoms with Gasteiger partial charge in [-0.2, -0.15) is 0 Å². The summed E-state index contributed by atoms with van der Waals surface area (Å²) in [4.78, 5) is 2.46. The molecule has 1 fully saturated rings. The van der Waals surface area contributed by atoms with E-state index in [9.17, 15) is 0 Å². The van der Waals surface area contributed by atoms with Crippen molar-refractivity contribution in [3.05, 3.63) is 23.8 Å². The van der Waals surface area contributed by atoms with Gasteiger partial charge in [0.2, 0.25) is 0 Å². The fraction of sp³-hybridized carbons (Fsp3) is 0.647. The average molecular weight is 292 g/mol. The predicted molar refractivity (Wildman–Crippen MR) is 85.9 cm³/mol. The van der Waals surface area contributed by atoms with Crippen molar-refractivity contribution in [1.29, 1.82) is 0 Å². The highest BCUT2D eigenvalue weighted by molar-refractivity contribution is 5.45. The van der Waals surface area contributed by atoms with Crippen molar-refractivity contribution in [2.24, 2.45) is 11.7 Å². The first-order valence-electron chi connectivity index (χ1n) is 7.75. The monoisotopic (exact) mass is 292 g/mol. The first kappa shape index (κ1) is 16.1. The standard InChI is InChI=1S/C17H28N2O2/c1-13(2)17(18,12-19-9-5-6-10-19)15-11-14(20-3)7-8-16(15)21-4/h7-8,11,13H,5-6,9-10,12,18H2,1-4H3. The maximum Gasteiger partial charge on any atom is 0.124 e. The highest BCUT2D eigenvalue weighted by Crippen LogP contribution is 2.37. The molecule has 0 bridgehead atoms. The summed E-state index contributed by atoms with van der Waals surface area (Å²) >= 11 is 0. The Balaban J connectivity index is 2.40. The number of likely N-dealkylation sites (tertiary alicyclic amines) is 1. The smallest absolute Gasteiger partial charge is 0.124 e. The minimum absolute atomic E-state index is 0.305. The molecular formula is C17H28N2O2. The fourth-order valence-electron chi connectivity index (χ4n) is 3.07. The van der Waals surface area contributed by atoms with Gasteiger partial charge in [-0.05, 0) is 50.0 Å². The number of rotatable bonds is 6. The first-order valence-corrected chi connectivity index (χ1v) is 7.75. The summed E-state index contributed by atoms with van der Waals surface area (Å²) in [5.74, 6) is 1.97. The van der Waals surface area contributed by atoms with Crippen LogP contribution in [0.4, 0.5) is 0 Å². The number of hydrogen-bond acceptors (Lipinski definition) is 4. The van der Waals surface area contributed by atoms with Crippen LogP contribution in [0, 0.1) is 5.92 Å². The third kappa shape index (κ3) is 3.33. The molecule has 0 aliphatic carbocycles. The van der Waals surface area contributed by atoms with Gasteiger partial charge in [-0.25, -0.2) is 0 Å². The highest BCUT2D eigenvalue weighted by atomic mass is 16.5. The Morgan fingerprint density at radius 1 is 1.19 bits per heavy atom. The van der Waals surface area contributed by atoms with E-state index >= 15 is 0 Å². The number of ether oxygens (including phenoxy) is 2. The zero-order chi connectivity index (χ0) is 15.5. The van der Waals surface area contributed by atoms with Crippen molar-refractivity contribution in [3.63, 3.8) is 0 Å². The zero-order valence-electron chi connectivity index (χ0n) is 13.7. The first-order chi connectivity index (χ1) is 10.0. The van der Waals surface area contributed by atoms with Gasteiger partial charge in [-0.15, -0.1) is 0 Å². The van der Waals surface area contributed by atoms with Gasteiger partial charge >= 0.3 is 0 Å². The fourth-order valence-corrected chi connectivity index (χ4v) is 3.07. The molecule has 1 atom stereocenters. The molecule has 1 aromatic carbocycles. The second kappa shape index (κ2) is 6.67. The molecule has 1 aliphatic rings. The minimum atomic E-state index is -0.440. The largest absolute Gasteiger partial charge is 0.497 e. The van der Waals surface area contributed by atoms with Gasteiger partial charge in [0.05, 0.1) is 19.8 Å². The summed E-state index contributed by atoms with van der Waals surface area (Å²) in [5.41, 5.74) is 7.46. The Morgan fingerprint density at radius 3 is 2.38 bits per heavy atom. The van der Waals surface area contributed by atoms with E-state index in [0.717, 1.165) is 36.7 Å². The number of methoxy groups -OCH3 is 2. The molecule has 0 aromatic heterocycles. The lowest BCUT2D eigenvalue weighted by molar-refractivity contribution is 0.194. The van der Waals surface area contributed by atoms with Crippen molar-refractivity contribution in [2.75, 3.05) is 33.9 Å². The van der Waals surface area contributed by atoms with Crippen LogP contribution in [-0.2, 0) is 5.54 Å². The number of nitrogens with zero attached hydrogens (tertiary/aromatic N) is 1. The minimum Gasteiger partial charge on any atom is -0.497 e. The molecule has 0 radical (unpaired) electrons. The Bertz CT molecular complexity index is 470. The van der Waals surface area contributed by atoms with Crippen LogP contribution in [0.5, 0.6) is 11.5 Å². The summed E-state index contributed by atoms with van der Waals surface area (Å²) in [6.07, 6.45) is 2.53. The third-order valence-electron chi connectivity index (χ3n) is 4.62. The highest BCUT2D eigenvalue weighted by Gasteiger charge is 2.36. The number of hydrogen-bond donors (Lipinski definition) is 1. The van der Waals surface area contributed by atoms with E-state index in [1.165, 1.54) is 12.8 Å². The molecule has 118 valence electrons. The van der Waals surface area contributed by atoms with Crippen LogP contribution in [0.3, 0.4) is 0 Å². The molecule has 1 aromatic rings. The topological polar surface area (TPSA) is 47.7 Å². The molecule has 2 rings (SSSR count). The van der Waals surface area contributed by atoms with Crippen molar-refractivity contribution >= 4 is 0 Å². The van der Waals surface area contributed by atoms with E-state index < -0.39 is 5.54 Å². The van der Waals surface area contributed by atoms with E-state index in [1.807, 2.05) is 18.2 Å². The molecule has 2 N–H and O–H groups in total. The summed E-state index contributed by atoms with van der Waals surface area (Å²) in [6.45, 7) is 7.48.